The molecule has 0 fully saturated rings. The molecule has 0 heterocycles. The van der Waals surface area contributed by atoms with Crippen LogP contribution in [-0.2, 0) is 28.6 Å². The fourth-order valence-corrected chi connectivity index (χ4v) is 6.73. The predicted molar refractivity (Wildman–Crippen MR) is 242 cm³/mol. The van der Waals surface area contributed by atoms with Crippen LogP contribution in [0.25, 0.3) is 0 Å². The van der Waals surface area contributed by atoms with Crippen molar-refractivity contribution in [3.63, 3.8) is 0 Å². The quantitative estimate of drug-likeness (QED) is 0.0265. The summed E-state index contributed by atoms with van der Waals surface area (Å²) in [5, 5.41) is 0. The van der Waals surface area contributed by atoms with Crippen molar-refractivity contribution in [2.75, 3.05) is 13.2 Å². The van der Waals surface area contributed by atoms with Crippen LogP contribution in [0.4, 0.5) is 0 Å². The Balaban J connectivity index is 4.39. The van der Waals surface area contributed by atoms with Gasteiger partial charge in [0.15, 0.2) is 6.10 Å². The average Bonchev–Trinajstić information content (AvgIpc) is 3.21. The highest BCUT2D eigenvalue weighted by atomic mass is 16.6. The lowest BCUT2D eigenvalue weighted by Crippen LogP contribution is -2.30. The molecule has 0 aliphatic carbocycles. The number of hydrogen-bond donors (Lipinski definition) is 0. The standard InChI is InChI=1S/C51H90O6/c1-4-7-10-13-16-19-21-23-25-27-29-32-35-38-41-44-50(53)56-47-48(46-55-49(52)43-40-37-34-31-18-15-12-9-6-3)57-51(54)45-42-39-36-33-30-28-26-24-22-20-17-14-11-8-5-2/h7,10,16,19,23,25,29,32,48H,4-6,8-9,11-15,17-18,20-22,24,26-28,30-31,33-47H2,1-3H3/b10-7-,19-16-,25-23-,32-29-. The molecule has 0 saturated heterocycles. The summed E-state index contributed by atoms with van der Waals surface area (Å²) in [6.07, 6.45) is 53.8. The zero-order chi connectivity index (χ0) is 41.5. The Labute approximate surface area is 352 Å². The van der Waals surface area contributed by atoms with Gasteiger partial charge in [0.1, 0.15) is 13.2 Å². The number of esters is 3. The highest BCUT2D eigenvalue weighted by Crippen LogP contribution is 2.15. The summed E-state index contributed by atoms with van der Waals surface area (Å²) >= 11 is 0. The number of carbonyl (C=O) groups excluding carboxylic acids is 3. The van der Waals surface area contributed by atoms with Gasteiger partial charge in [-0.05, 0) is 57.8 Å². The number of unbranched alkanes of at least 4 members (excludes halogenated alkanes) is 24. The van der Waals surface area contributed by atoms with Crippen molar-refractivity contribution in [1.82, 2.24) is 0 Å². The average molecular weight is 799 g/mol. The molecule has 0 radical (unpaired) electrons. The van der Waals surface area contributed by atoms with Crippen LogP contribution in [0.5, 0.6) is 0 Å². The first-order valence-corrected chi connectivity index (χ1v) is 24.1. The number of rotatable bonds is 43. The molecule has 0 aromatic rings. The molecule has 6 nitrogen and oxygen atoms in total. The van der Waals surface area contributed by atoms with Crippen molar-refractivity contribution >= 4 is 17.9 Å². The van der Waals surface area contributed by atoms with E-state index < -0.39 is 6.10 Å². The molecule has 0 aromatic heterocycles. The minimum absolute atomic E-state index is 0.0834. The van der Waals surface area contributed by atoms with Crippen LogP contribution in [0, 0.1) is 0 Å². The Hall–Kier alpha value is -2.63. The number of allylic oxidation sites excluding steroid dienone is 8. The normalized spacial score (nSPS) is 12.4. The van der Waals surface area contributed by atoms with E-state index in [0.717, 1.165) is 83.5 Å². The number of ether oxygens (including phenoxy) is 3. The first kappa shape index (κ1) is 54.4. The zero-order valence-electron chi connectivity index (χ0n) is 37.6. The molecule has 0 N–H and O–H groups in total. The summed E-state index contributed by atoms with van der Waals surface area (Å²) in [6.45, 7) is 6.47. The number of carbonyl (C=O) groups is 3. The predicted octanol–water partition coefficient (Wildman–Crippen LogP) is 15.5. The van der Waals surface area contributed by atoms with E-state index in [4.69, 9.17) is 14.2 Å². The molecule has 0 bridgehead atoms. The van der Waals surface area contributed by atoms with Gasteiger partial charge in [-0.1, -0.05) is 211 Å². The highest BCUT2D eigenvalue weighted by Gasteiger charge is 2.19. The Morgan fingerprint density at radius 3 is 1.07 bits per heavy atom. The largest absolute Gasteiger partial charge is 0.462 e. The van der Waals surface area contributed by atoms with E-state index in [0.29, 0.717) is 19.3 Å². The van der Waals surface area contributed by atoms with Crippen molar-refractivity contribution in [3.05, 3.63) is 48.6 Å². The van der Waals surface area contributed by atoms with Gasteiger partial charge in [-0.25, -0.2) is 0 Å². The van der Waals surface area contributed by atoms with Gasteiger partial charge in [0.2, 0.25) is 0 Å². The molecule has 0 saturated carbocycles. The summed E-state index contributed by atoms with van der Waals surface area (Å²) in [7, 11) is 0. The Kier molecular flexibility index (Phi) is 43.9. The SMILES string of the molecule is CC/C=C\C/C=C\C/C=C\C/C=C\CCCCC(=O)OCC(COC(=O)CCCCCCCCCCC)OC(=O)CCCCCCCCCCCCCCCCC. The third-order valence-corrected chi connectivity index (χ3v) is 10.3. The van der Waals surface area contributed by atoms with Gasteiger partial charge in [0.25, 0.3) is 0 Å². The molecule has 0 amide bonds. The zero-order valence-corrected chi connectivity index (χ0v) is 37.6. The van der Waals surface area contributed by atoms with Crippen molar-refractivity contribution < 1.29 is 28.6 Å². The first-order chi connectivity index (χ1) is 28.0. The second-order valence-corrected chi connectivity index (χ2v) is 16.0. The summed E-state index contributed by atoms with van der Waals surface area (Å²) < 4.78 is 16.7. The molecule has 6 heteroatoms. The molecule has 0 aromatic carbocycles. The molecular formula is C51H90O6. The lowest BCUT2D eigenvalue weighted by molar-refractivity contribution is -0.167. The van der Waals surface area contributed by atoms with E-state index >= 15 is 0 Å². The summed E-state index contributed by atoms with van der Waals surface area (Å²) in [6, 6.07) is 0. The minimum atomic E-state index is -0.783. The molecule has 1 atom stereocenters. The third-order valence-electron chi connectivity index (χ3n) is 10.3. The van der Waals surface area contributed by atoms with Gasteiger partial charge in [-0.15, -0.1) is 0 Å². The summed E-state index contributed by atoms with van der Waals surface area (Å²) in [4.78, 5) is 37.8. The van der Waals surface area contributed by atoms with Gasteiger partial charge < -0.3 is 14.2 Å². The molecule has 0 rings (SSSR count). The molecule has 0 aliphatic heterocycles. The van der Waals surface area contributed by atoms with E-state index in [-0.39, 0.29) is 31.1 Å². The first-order valence-electron chi connectivity index (χ1n) is 24.1. The van der Waals surface area contributed by atoms with Gasteiger partial charge >= 0.3 is 17.9 Å². The summed E-state index contributed by atoms with van der Waals surface area (Å²) in [5.41, 5.74) is 0. The van der Waals surface area contributed by atoms with Crippen LogP contribution in [0.2, 0.25) is 0 Å². The van der Waals surface area contributed by atoms with Crippen LogP contribution in [-0.4, -0.2) is 37.2 Å². The van der Waals surface area contributed by atoms with Crippen molar-refractivity contribution in [2.45, 2.75) is 245 Å². The van der Waals surface area contributed by atoms with Crippen LogP contribution < -0.4 is 0 Å². The van der Waals surface area contributed by atoms with Crippen LogP contribution in [0.1, 0.15) is 239 Å². The monoisotopic (exact) mass is 799 g/mol. The molecular weight excluding hydrogens is 709 g/mol. The van der Waals surface area contributed by atoms with Gasteiger partial charge in [-0.2, -0.15) is 0 Å². The Morgan fingerprint density at radius 1 is 0.368 bits per heavy atom. The van der Waals surface area contributed by atoms with Crippen molar-refractivity contribution in [3.8, 4) is 0 Å². The third kappa shape index (κ3) is 44.3. The van der Waals surface area contributed by atoms with Crippen molar-refractivity contribution in [2.24, 2.45) is 0 Å². The maximum Gasteiger partial charge on any atom is 0.306 e. The lowest BCUT2D eigenvalue weighted by Gasteiger charge is -2.18. The molecule has 0 spiro atoms. The fourth-order valence-electron chi connectivity index (χ4n) is 6.73. The maximum atomic E-state index is 12.7. The van der Waals surface area contributed by atoms with E-state index in [1.807, 2.05) is 0 Å². The molecule has 57 heavy (non-hydrogen) atoms. The highest BCUT2D eigenvalue weighted by molar-refractivity contribution is 5.71. The maximum absolute atomic E-state index is 12.7. The van der Waals surface area contributed by atoms with Crippen LogP contribution in [0.3, 0.4) is 0 Å². The Bertz CT molecular complexity index is 1010. The fraction of sp³-hybridized carbons (Fsp3) is 0.784. The Morgan fingerprint density at radius 2 is 0.684 bits per heavy atom. The van der Waals surface area contributed by atoms with Gasteiger partial charge in [0, 0.05) is 19.3 Å². The van der Waals surface area contributed by atoms with Crippen molar-refractivity contribution in [1.29, 1.82) is 0 Å². The molecule has 330 valence electrons. The van der Waals surface area contributed by atoms with Gasteiger partial charge in [-0.3, -0.25) is 14.4 Å². The van der Waals surface area contributed by atoms with E-state index in [2.05, 4.69) is 69.4 Å². The van der Waals surface area contributed by atoms with Gasteiger partial charge in [0.05, 0.1) is 0 Å². The molecule has 0 aliphatic rings. The van der Waals surface area contributed by atoms with Crippen LogP contribution >= 0.6 is 0 Å². The topological polar surface area (TPSA) is 78.9 Å². The van der Waals surface area contributed by atoms with E-state index in [9.17, 15) is 14.4 Å². The van der Waals surface area contributed by atoms with Crippen LogP contribution in [0.15, 0.2) is 48.6 Å². The summed E-state index contributed by atoms with van der Waals surface area (Å²) in [5.74, 6) is -0.924. The second kappa shape index (κ2) is 46.1. The smallest absolute Gasteiger partial charge is 0.306 e. The number of hydrogen-bond acceptors (Lipinski definition) is 6. The minimum Gasteiger partial charge on any atom is -0.462 e. The second-order valence-electron chi connectivity index (χ2n) is 16.0. The lowest BCUT2D eigenvalue weighted by atomic mass is 10.0. The van der Waals surface area contributed by atoms with E-state index in [1.165, 1.54) is 116 Å². The molecule has 1 unspecified atom stereocenters. The van der Waals surface area contributed by atoms with E-state index in [1.54, 1.807) is 0 Å².